The molecule has 0 aliphatic rings. The number of hydrogen-bond acceptors (Lipinski definition) is 6. The highest BCUT2D eigenvalue weighted by atomic mass is 19.1. The summed E-state index contributed by atoms with van der Waals surface area (Å²) in [6.07, 6.45) is 2.91. The molecule has 1 unspecified atom stereocenters. The highest BCUT2D eigenvalue weighted by Gasteiger charge is 2.29. The van der Waals surface area contributed by atoms with E-state index in [9.17, 15) is 24.2 Å². The number of H-pyrrole nitrogens is 1. The first-order chi connectivity index (χ1) is 13.4. The molecule has 0 aliphatic carbocycles. The molecule has 2 aromatic heterocycles. The molecule has 0 bridgehead atoms. The molecule has 0 saturated heterocycles. The molecule has 0 saturated carbocycles. The van der Waals surface area contributed by atoms with Crippen molar-refractivity contribution in [2.45, 2.75) is 19.4 Å². The second kappa shape index (κ2) is 7.82. The highest BCUT2D eigenvalue weighted by Crippen LogP contribution is 2.27. The standard InChI is InChI=1S/C18H16FN5O4/c1-2-11(24-16-14-15(21-7-20-14)22-8-23-16)13(18(27)28)12(17(25)26)9-4-3-5-10(19)6-9/h3-8,11H,2H2,1H3,(H,25,26)(H,27,28)(H2,20,21,22,23,24)/b13-12+. The number of hydrogen-bond donors (Lipinski definition) is 4. The molecule has 0 fully saturated rings. The van der Waals surface area contributed by atoms with Gasteiger partial charge < -0.3 is 20.5 Å². The minimum absolute atomic E-state index is 0.0437. The van der Waals surface area contributed by atoms with Crippen LogP contribution in [0, 0.1) is 5.82 Å². The number of aromatic amines is 1. The largest absolute Gasteiger partial charge is 0.478 e. The van der Waals surface area contributed by atoms with E-state index < -0.39 is 34.9 Å². The summed E-state index contributed by atoms with van der Waals surface area (Å²) in [6, 6.07) is 3.86. The number of nitrogens with zero attached hydrogens (tertiary/aromatic N) is 3. The van der Waals surface area contributed by atoms with Gasteiger partial charge in [0.25, 0.3) is 0 Å². The van der Waals surface area contributed by atoms with Gasteiger partial charge in [-0.25, -0.2) is 28.9 Å². The molecule has 144 valence electrons. The number of fused-ring (bicyclic) bond motifs is 1. The van der Waals surface area contributed by atoms with Crippen LogP contribution in [0.2, 0.25) is 0 Å². The van der Waals surface area contributed by atoms with Gasteiger partial charge in [-0.2, -0.15) is 0 Å². The zero-order chi connectivity index (χ0) is 20.3. The molecule has 1 atom stereocenters. The predicted molar refractivity (Wildman–Crippen MR) is 98.0 cm³/mol. The topological polar surface area (TPSA) is 141 Å². The van der Waals surface area contributed by atoms with E-state index in [1.807, 2.05) is 0 Å². The Morgan fingerprint density at radius 2 is 2.00 bits per heavy atom. The van der Waals surface area contributed by atoms with Crippen LogP contribution in [-0.2, 0) is 9.59 Å². The van der Waals surface area contributed by atoms with E-state index >= 15 is 0 Å². The predicted octanol–water partition coefficient (Wildman–Crippen LogP) is 2.31. The Balaban J connectivity index is 2.14. The Bertz CT molecular complexity index is 1080. The lowest BCUT2D eigenvalue weighted by Crippen LogP contribution is -2.29. The average Bonchev–Trinajstić information content (AvgIpc) is 3.13. The number of imidazole rings is 1. The summed E-state index contributed by atoms with van der Waals surface area (Å²) in [5.74, 6) is -3.33. The molecule has 28 heavy (non-hydrogen) atoms. The Hall–Kier alpha value is -3.82. The van der Waals surface area contributed by atoms with E-state index in [0.29, 0.717) is 11.2 Å². The van der Waals surface area contributed by atoms with Gasteiger partial charge in [-0.1, -0.05) is 19.1 Å². The van der Waals surface area contributed by atoms with Crippen LogP contribution in [0.5, 0.6) is 0 Å². The number of aliphatic carboxylic acids is 2. The van der Waals surface area contributed by atoms with Gasteiger partial charge in [0.1, 0.15) is 17.7 Å². The normalized spacial score (nSPS) is 13.1. The summed E-state index contributed by atoms with van der Waals surface area (Å²) in [6.45, 7) is 1.69. The zero-order valence-corrected chi connectivity index (χ0v) is 14.7. The summed E-state index contributed by atoms with van der Waals surface area (Å²) in [4.78, 5) is 38.9. The molecule has 0 radical (unpaired) electrons. The minimum atomic E-state index is -1.48. The van der Waals surface area contributed by atoms with E-state index in [4.69, 9.17) is 0 Å². The smallest absolute Gasteiger partial charge is 0.336 e. The lowest BCUT2D eigenvalue weighted by molar-refractivity contribution is -0.134. The molecular weight excluding hydrogens is 369 g/mol. The van der Waals surface area contributed by atoms with Crippen LogP contribution in [0.25, 0.3) is 16.7 Å². The van der Waals surface area contributed by atoms with Gasteiger partial charge in [0, 0.05) is 0 Å². The number of halogens is 1. The number of carboxylic acid groups (broad SMARTS) is 2. The third kappa shape index (κ3) is 3.65. The molecule has 0 spiro atoms. The van der Waals surface area contributed by atoms with Crippen molar-refractivity contribution in [3.05, 3.63) is 53.9 Å². The zero-order valence-electron chi connectivity index (χ0n) is 14.7. The third-order valence-corrected chi connectivity index (χ3v) is 4.11. The van der Waals surface area contributed by atoms with Gasteiger partial charge >= 0.3 is 11.9 Å². The van der Waals surface area contributed by atoms with Crippen LogP contribution in [-0.4, -0.2) is 48.1 Å². The number of carboxylic acids is 2. The molecule has 3 aromatic rings. The van der Waals surface area contributed by atoms with E-state index in [1.54, 1.807) is 6.92 Å². The third-order valence-electron chi connectivity index (χ3n) is 4.11. The lowest BCUT2D eigenvalue weighted by Gasteiger charge is -2.21. The minimum Gasteiger partial charge on any atom is -0.478 e. The molecular formula is C18H16FN5O4. The first kappa shape index (κ1) is 19.0. The Morgan fingerprint density at radius 1 is 1.21 bits per heavy atom. The number of rotatable bonds is 7. The second-order valence-electron chi connectivity index (χ2n) is 5.84. The van der Waals surface area contributed by atoms with Crippen molar-refractivity contribution in [1.29, 1.82) is 0 Å². The van der Waals surface area contributed by atoms with E-state index in [-0.39, 0.29) is 17.8 Å². The fraction of sp³-hybridized carbons (Fsp3) is 0.167. The lowest BCUT2D eigenvalue weighted by atomic mass is 9.93. The van der Waals surface area contributed by atoms with Crippen LogP contribution >= 0.6 is 0 Å². The number of carbonyl (C=O) groups is 2. The maximum Gasteiger partial charge on any atom is 0.336 e. The monoisotopic (exact) mass is 385 g/mol. The Morgan fingerprint density at radius 3 is 2.64 bits per heavy atom. The summed E-state index contributed by atoms with van der Waals surface area (Å²) in [5, 5.41) is 22.4. The van der Waals surface area contributed by atoms with Crippen LogP contribution < -0.4 is 5.32 Å². The molecule has 0 amide bonds. The molecule has 9 nitrogen and oxygen atoms in total. The number of anilines is 1. The molecule has 4 N–H and O–H groups in total. The maximum atomic E-state index is 13.6. The average molecular weight is 385 g/mol. The summed E-state index contributed by atoms with van der Waals surface area (Å²) in [5.41, 5.74) is -0.135. The van der Waals surface area contributed by atoms with Crippen LogP contribution in [0.3, 0.4) is 0 Å². The van der Waals surface area contributed by atoms with Crippen molar-refractivity contribution in [1.82, 2.24) is 19.9 Å². The fourth-order valence-electron chi connectivity index (χ4n) is 2.88. The number of aromatic nitrogens is 4. The SMILES string of the molecule is CCC(Nc1ncnc2[nH]cnc12)/C(C(=O)O)=C(\C(=O)O)c1cccc(F)c1. The molecule has 0 aliphatic heterocycles. The first-order valence-electron chi connectivity index (χ1n) is 8.29. The van der Waals surface area contributed by atoms with Crippen molar-refractivity contribution in [3.8, 4) is 0 Å². The van der Waals surface area contributed by atoms with Gasteiger partial charge in [0.05, 0.1) is 23.5 Å². The molecule has 3 rings (SSSR count). The van der Waals surface area contributed by atoms with Crippen LogP contribution in [0.4, 0.5) is 10.2 Å². The summed E-state index contributed by atoms with van der Waals surface area (Å²) >= 11 is 0. The maximum absolute atomic E-state index is 13.6. The highest BCUT2D eigenvalue weighted by molar-refractivity contribution is 6.22. The summed E-state index contributed by atoms with van der Waals surface area (Å²) in [7, 11) is 0. The molecule has 10 heteroatoms. The number of benzene rings is 1. The second-order valence-corrected chi connectivity index (χ2v) is 5.84. The van der Waals surface area contributed by atoms with Crippen molar-refractivity contribution < 1.29 is 24.2 Å². The van der Waals surface area contributed by atoms with E-state index in [0.717, 1.165) is 12.1 Å². The molecule has 1 aromatic carbocycles. The van der Waals surface area contributed by atoms with Crippen LogP contribution in [0.1, 0.15) is 18.9 Å². The van der Waals surface area contributed by atoms with Crippen molar-refractivity contribution in [2.24, 2.45) is 0 Å². The fourth-order valence-corrected chi connectivity index (χ4v) is 2.88. The van der Waals surface area contributed by atoms with Gasteiger partial charge in [-0.15, -0.1) is 0 Å². The van der Waals surface area contributed by atoms with Crippen molar-refractivity contribution in [3.63, 3.8) is 0 Å². The van der Waals surface area contributed by atoms with Crippen LogP contribution in [0.15, 0.2) is 42.5 Å². The van der Waals surface area contributed by atoms with E-state index in [2.05, 4.69) is 25.3 Å². The van der Waals surface area contributed by atoms with E-state index in [1.165, 1.54) is 24.8 Å². The molecule has 2 heterocycles. The Kier molecular flexibility index (Phi) is 5.30. The van der Waals surface area contributed by atoms with Crippen molar-refractivity contribution in [2.75, 3.05) is 5.32 Å². The first-order valence-corrected chi connectivity index (χ1v) is 8.29. The number of nitrogens with one attached hydrogen (secondary N) is 2. The Labute approximate surface area is 158 Å². The van der Waals surface area contributed by atoms with Gasteiger partial charge in [0.15, 0.2) is 11.5 Å². The van der Waals surface area contributed by atoms with Gasteiger partial charge in [0.2, 0.25) is 0 Å². The van der Waals surface area contributed by atoms with Gasteiger partial charge in [-0.05, 0) is 24.1 Å². The quantitative estimate of drug-likeness (QED) is 0.454. The van der Waals surface area contributed by atoms with Crippen molar-refractivity contribution >= 4 is 34.5 Å². The van der Waals surface area contributed by atoms with Gasteiger partial charge in [-0.3, -0.25) is 0 Å². The summed E-state index contributed by atoms with van der Waals surface area (Å²) < 4.78 is 13.6.